The second-order valence-corrected chi connectivity index (χ2v) is 6.20. The predicted molar refractivity (Wildman–Crippen MR) is 81.5 cm³/mol. The molecule has 2 N–H and O–H groups in total. The third-order valence-corrected chi connectivity index (χ3v) is 4.89. The summed E-state index contributed by atoms with van der Waals surface area (Å²) in [5, 5.41) is 13.0. The first-order valence-electron chi connectivity index (χ1n) is 6.02. The van der Waals surface area contributed by atoms with Crippen LogP contribution in [0.2, 0.25) is 5.02 Å². The summed E-state index contributed by atoms with van der Waals surface area (Å²) in [6.45, 7) is 1.02. The zero-order valence-electron chi connectivity index (χ0n) is 10.3. The van der Waals surface area contributed by atoms with E-state index in [9.17, 15) is 9.90 Å². The van der Waals surface area contributed by atoms with Gasteiger partial charge in [-0.05, 0) is 53.6 Å². The Morgan fingerprint density at radius 1 is 1.47 bits per heavy atom. The lowest BCUT2D eigenvalue weighted by atomic mass is 9.90. The molecule has 0 bridgehead atoms. The number of benzene rings is 1. The molecule has 19 heavy (non-hydrogen) atoms. The predicted octanol–water partition coefficient (Wildman–Crippen LogP) is 2.22. The van der Waals surface area contributed by atoms with Crippen LogP contribution in [-0.4, -0.2) is 36.4 Å². The highest BCUT2D eigenvalue weighted by Crippen LogP contribution is 2.23. The van der Waals surface area contributed by atoms with E-state index in [0.717, 1.165) is 3.57 Å². The molecule has 0 saturated carbocycles. The molecule has 0 aromatic heterocycles. The van der Waals surface area contributed by atoms with Crippen LogP contribution in [0, 0.1) is 3.57 Å². The highest BCUT2D eigenvalue weighted by Gasteiger charge is 2.33. The monoisotopic (exact) mass is 395 g/mol. The molecule has 1 aromatic carbocycles. The summed E-state index contributed by atoms with van der Waals surface area (Å²) >= 11 is 8.12. The van der Waals surface area contributed by atoms with Crippen LogP contribution in [0.15, 0.2) is 18.2 Å². The average Bonchev–Trinajstić information content (AvgIpc) is 2.43. The summed E-state index contributed by atoms with van der Waals surface area (Å²) in [6.07, 6.45) is 1.24. The summed E-state index contributed by atoms with van der Waals surface area (Å²) in [7, 11) is 0. The molecular weight excluding hydrogens is 381 g/mol. The minimum atomic E-state index is -0.579. The Hall–Kier alpha value is -0.370. The lowest BCUT2D eigenvalue weighted by molar-refractivity contribution is 0.0125. The summed E-state index contributed by atoms with van der Waals surface area (Å²) < 4.78 is 6.17. The van der Waals surface area contributed by atoms with Gasteiger partial charge in [-0.25, -0.2) is 0 Å². The molecule has 1 aliphatic heterocycles. The number of hydrogen-bond acceptors (Lipinski definition) is 3. The first-order valence-corrected chi connectivity index (χ1v) is 7.48. The van der Waals surface area contributed by atoms with Crippen LogP contribution in [0.1, 0.15) is 23.2 Å². The van der Waals surface area contributed by atoms with E-state index in [1.807, 2.05) is 0 Å². The first kappa shape index (κ1) is 15.0. The van der Waals surface area contributed by atoms with Gasteiger partial charge >= 0.3 is 0 Å². The van der Waals surface area contributed by atoms with Gasteiger partial charge < -0.3 is 15.2 Å². The van der Waals surface area contributed by atoms with E-state index in [1.54, 1.807) is 18.2 Å². The molecule has 0 aliphatic carbocycles. The maximum Gasteiger partial charge on any atom is 0.251 e. The van der Waals surface area contributed by atoms with Gasteiger partial charge in [0, 0.05) is 22.3 Å². The molecule has 2 rings (SSSR count). The topological polar surface area (TPSA) is 58.6 Å². The number of aliphatic hydroxyl groups is 1. The highest BCUT2D eigenvalue weighted by molar-refractivity contribution is 14.1. The third-order valence-electron chi connectivity index (χ3n) is 3.31. The summed E-state index contributed by atoms with van der Waals surface area (Å²) in [6, 6.07) is 5.17. The number of rotatable bonds is 3. The van der Waals surface area contributed by atoms with Gasteiger partial charge in [0.15, 0.2) is 0 Å². The molecule has 4 nitrogen and oxygen atoms in total. The van der Waals surface area contributed by atoms with Crippen molar-refractivity contribution in [2.75, 3.05) is 19.8 Å². The number of carbonyl (C=O) groups is 1. The van der Waals surface area contributed by atoms with Crippen molar-refractivity contribution < 1.29 is 14.6 Å². The minimum Gasteiger partial charge on any atom is -0.394 e. The van der Waals surface area contributed by atoms with E-state index in [4.69, 9.17) is 16.3 Å². The van der Waals surface area contributed by atoms with Crippen LogP contribution in [-0.2, 0) is 4.74 Å². The first-order chi connectivity index (χ1) is 9.06. The number of amides is 1. The molecule has 1 aliphatic rings. The van der Waals surface area contributed by atoms with Gasteiger partial charge in [0.2, 0.25) is 0 Å². The fourth-order valence-electron chi connectivity index (χ4n) is 2.04. The van der Waals surface area contributed by atoms with E-state index >= 15 is 0 Å². The zero-order valence-corrected chi connectivity index (χ0v) is 13.2. The number of aliphatic hydroxyl groups excluding tert-OH is 1. The van der Waals surface area contributed by atoms with Gasteiger partial charge in [0.1, 0.15) is 0 Å². The van der Waals surface area contributed by atoms with Crippen LogP contribution in [0.5, 0.6) is 0 Å². The Labute approximate surface area is 130 Å². The van der Waals surface area contributed by atoms with E-state index in [1.165, 1.54) is 0 Å². The normalized spacial score (nSPS) is 18.1. The molecular formula is C13H15ClINO3. The SMILES string of the molecule is O=C(NC1(CO)CCOCC1)c1ccc(I)c(Cl)c1. The number of nitrogens with one attached hydrogen (secondary N) is 1. The summed E-state index contributed by atoms with van der Waals surface area (Å²) in [5.41, 5.74) is -0.0742. The van der Waals surface area contributed by atoms with Crippen LogP contribution in [0.25, 0.3) is 0 Å². The van der Waals surface area contributed by atoms with Crippen molar-refractivity contribution in [1.82, 2.24) is 5.32 Å². The van der Waals surface area contributed by atoms with Gasteiger partial charge in [-0.3, -0.25) is 4.79 Å². The van der Waals surface area contributed by atoms with Crippen molar-refractivity contribution in [2.24, 2.45) is 0 Å². The highest BCUT2D eigenvalue weighted by atomic mass is 127. The Bertz CT molecular complexity index is 475. The van der Waals surface area contributed by atoms with Crippen LogP contribution < -0.4 is 5.32 Å². The smallest absolute Gasteiger partial charge is 0.251 e. The Kier molecular flexibility index (Phi) is 5.05. The van der Waals surface area contributed by atoms with E-state index < -0.39 is 5.54 Å². The molecule has 0 atom stereocenters. The third kappa shape index (κ3) is 3.59. The van der Waals surface area contributed by atoms with Crippen molar-refractivity contribution in [3.8, 4) is 0 Å². The largest absolute Gasteiger partial charge is 0.394 e. The number of ether oxygens (including phenoxy) is 1. The van der Waals surface area contributed by atoms with E-state index in [0.29, 0.717) is 36.6 Å². The van der Waals surface area contributed by atoms with Crippen molar-refractivity contribution in [2.45, 2.75) is 18.4 Å². The van der Waals surface area contributed by atoms with Gasteiger partial charge in [-0.1, -0.05) is 11.6 Å². The van der Waals surface area contributed by atoms with Crippen molar-refractivity contribution in [3.63, 3.8) is 0 Å². The summed E-state index contributed by atoms with van der Waals surface area (Å²) in [4.78, 5) is 12.2. The average molecular weight is 396 g/mol. The molecule has 0 unspecified atom stereocenters. The fourth-order valence-corrected chi connectivity index (χ4v) is 2.55. The molecule has 6 heteroatoms. The standard InChI is InChI=1S/C13H15ClINO3/c14-10-7-9(1-2-11(10)15)12(18)16-13(8-17)3-5-19-6-4-13/h1-2,7,17H,3-6,8H2,(H,16,18). The lowest BCUT2D eigenvalue weighted by Crippen LogP contribution is -2.54. The molecule has 1 saturated heterocycles. The van der Waals surface area contributed by atoms with Crippen LogP contribution >= 0.6 is 34.2 Å². The molecule has 1 amide bonds. The van der Waals surface area contributed by atoms with Gasteiger partial charge in [-0.2, -0.15) is 0 Å². The Morgan fingerprint density at radius 3 is 2.74 bits per heavy atom. The molecule has 1 fully saturated rings. The maximum absolute atomic E-state index is 12.2. The van der Waals surface area contributed by atoms with Crippen molar-refractivity contribution >= 4 is 40.1 Å². The molecule has 1 aromatic rings. The number of carbonyl (C=O) groups excluding carboxylic acids is 1. The van der Waals surface area contributed by atoms with Gasteiger partial charge in [0.25, 0.3) is 5.91 Å². The Morgan fingerprint density at radius 2 is 2.16 bits per heavy atom. The van der Waals surface area contributed by atoms with E-state index in [-0.39, 0.29) is 12.5 Å². The molecule has 104 valence electrons. The van der Waals surface area contributed by atoms with Crippen molar-refractivity contribution in [1.29, 1.82) is 0 Å². The lowest BCUT2D eigenvalue weighted by Gasteiger charge is -2.36. The quantitative estimate of drug-likeness (QED) is 0.772. The minimum absolute atomic E-state index is 0.0831. The van der Waals surface area contributed by atoms with Gasteiger partial charge in [-0.15, -0.1) is 0 Å². The van der Waals surface area contributed by atoms with Crippen LogP contribution in [0.3, 0.4) is 0 Å². The van der Waals surface area contributed by atoms with Gasteiger partial charge in [0.05, 0.1) is 17.2 Å². The maximum atomic E-state index is 12.2. The van der Waals surface area contributed by atoms with Crippen LogP contribution in [0.4, 0.5) is 0 Å². The molecule has 0 spiro atoms. The second-order valence-electron chi connectivity index (χ2n) is 4.63. The summed E-state index contributed by atoms with van der Waals surface area (Å²) in [5.74, 6) is -0.214. The zero-order chi connectivity index (χ0) is 13.9. The fraction of sp³-hybridized carbons (Fsp3) is 0.462. The van der Waals surface area contributed by atoms with E-state index in [2.05, 4.69) is 27.9 Å². The second kappa shape index (κ2) is 6.39. The number of hydrogen-bond donors (Lipinski definition) is 2. The van der Waals surface area contributed by atoms with Crippen molar-refractivity contribution in [3.05, 3.63) is 32.4 Å². The molecule has 0 radical (unpaired) electrons. The number of halogens is 2. The Balaban J connectivity index is 2.12. The molecule has 1 heterocycles.